The van der Waals surface area contributed by atoms with Crippen molar-refractivity contribution in [3.8, 4) is 0 Å². The van der Waals surface area contributed by atoms with Gasteiger partial charge in [-0.25, -0.2) is 8.78 Å². The van der Waals surface area contributed by atoms with Crippen LogP contribution in [0.15, 0.2) is 12.1 Å². The molecule has 0 aliphatic carbocycles. The first-order chi connectivity index (χ1) is 6.54. The van der Waals surface area contributed by atoms with Gasteiger partial charge in [-0.3, -0.25) is 0 Å². The molecule has 0 saturated carbocycles. The summed E-state index contributed by atoms with van der Waals surface area (Å²) < 4.78 is 25.6. The summed E-state index contributed by atoms with van der Waals surface area (Å²) in [5.74, 6) is -1.74. The van der Waals surface area contributed by atoms with Crippen LogP contribution >= 0.6 is 0 Å². The molecule has 4 heteroatoms. The highest BCUT2D eigenvalue weighted by atomic mass is 19.2. The standard InChI is InChI=1S/C10H13F2NO/c1-6-3-8(11)9(12)4-10(6)13-7(2)5-14/h3-4,7,13-14H,5H2,1-2H3. The van der Waals surface area contributed by atoms with Gasteiger partial charge < -0.3 is 10.4 Å². The molecule has 1 unspecified atom stereocenters. The maximum absolute atomic E-state index is 12.8. The number of anilines is 1. The molecule has 0 aromatic heterocycles. The molecule has 0 fully saturated rings. The maximum atomic E-state index is 12.8. The number of aliphatic hydroxyl groups excluding tert-OH is 1. The van der Waals surface area contributed by atoms with Gasteiger partial charge in [0.1, 0.15) is 0 Å². The van der Waals surface area contributed by atoms with E-state index >= 15 is 0 Å². The van der Waals surface area contributed by atoms with E-state index in [9.17, 15) is 8.78 Å². The second-order valence-electron chi connectivity index (χ2n) is 3.31. The topological polar surface area (TPSA) is 32.3 Å². The number of hydrogen-bond donors (Lipinski definition) is 2. The van der Waals surface area contributed by atoms with E-state index in [2.05, 4.69) is 5.32 Å². The molecule has 0 radical (unpaired) electrons. The number of rotatable bonds is 3. The average molecular weight is 201 g/mol. The molecule has 1 rings (SSSR count). The normalized spacial score (nSPS) is 12.6. The minimum Gasteiger partial charge on any atom is -0.394 e. The molecule has 1 atom stereocenters. The number of benzene rings is 1. The Balaban J connectivity index is 2.92. The van der Waals surface area contributed by atoms with Crippen molar-refractivity contribution in [1.29, 1.82) is 0 Å². The average Bonchev–Trinajstić information content (AvgIpc) is 2.14. The summed E-state index contributed by atoms with van der Waals surface area (Å²) in [4.78, 5) is 0. The van der Waals surface area contributed by atoms with Crippen LogP contribution in [0.5, 0.6) is 0 Å². The lowest BCUT2D eigenvalue weighted by molar-refractivity contribution is 0.281. The van der Waals surface area contributed by atoms with E-state index in [0.29, 0.717) is 11.3 Å². The van der Waals surface area contributed by atoms with Gasteiger partial charge in [-0.2, -0.15) is 0 Å². The largest absolute Gasteiger partial charge is 0.394 e. The molecule has 78 valence electrons. The molecular formula is C10H13F2NO. The summed E-state index contributed by atoms with van der Waals surface area (Å²) in [5.41, 5.74) is 1.12. The molecule has 2 nitrogen and oxygen atoms in total. The van der Waals surface area contributed by atoms with Crippen molar-refractivity contribution in [2.45, 2.75) is 19.9 Å². The molecule has 0 spiro atoms. The van der Waals surface area contributed by atoms with Crippen LogP contribution in [0.25, 0.3) is 0 Å². The van der Waals surface area contributed by atoms with E-state index in [1.165, 1.54) is 0 Å². The zero-order valence-corrected chi connectivity index (χ0v) is 8.14. The van der Waals surface area contributed by atoms with E-state index in [1.807, 2.05) is 0 Å². The minimum atomic E-state index is -0.886. The van der Waals surface area contributed by atoms with E-state index < -0.39 is 11.6 Å². The Labute approximate surface area is 81.6 Å². The first kappa shape index (κ1) is 10.9. The fraction of sp³-hybridized carbons (Fsp3) is 0.400. The first-order valence-corrected chi connectivity index (χ1v) is 4.37. The van der Waals surface area contributed by atoms with Crippen LogP contribution in [0, 0.1) is 18.6 Å². The van der Waals surface area contributed by atoms with Crippen LogP contribution in [0.1, 0.15) is 12.5 Å². The zero-order chi connectivity index (χ0) is 10.7. The van der Waals surface area contributed by atoms with Crippen LogP contribution in [-0.2, 0) is 0 Å². The summed E-state index contributed by atoms with van der Waals surface area (Å²) in [6, 6.07) is 2.04. The lowest BCUT2D eigenvalue weighted by Gasteiger charge is -2.14. The predicted molar refractivity (Wildman–Crippen MR) is 51.3 cm³/mol. The van der Waals surface area contributed by atoms with Gasteiger partial charge in [0, 0.05) is 17.8 Å². The monoisotopic (exact) mass is 201 g/mol. The van der Waals surface area contributed by atoms with Gasteiger partial charge in [0.2, 0.25) is 0 Å². The summed E-state index contributed by atoms with van der Waals surface area (Å²) >= 11 is 0. The SMILES string of the molecule is Cc1cc(F)c(F)cc1NC(C)CO. The van der Waals surface area contributed by atoms with Crippen molar-refractivity contribution >= 4 is 5.69 Å². The highest BCUT2D eigenvalue weighted by Crippen LogP contribution is 2.19. The third-order valence-corrected chi connectivity index (χ3v) is 1.94. The zero-order valence-electron chi connectivity index (χ0n) is 8.14. The molecule has 14 heavy (non-hydrogen) atoms. The van der Waals surface area contributed by atoms with Crippen molar-refractivity contribution in [3.63, 3.8) is 0 Å². The van der Waals surface area contributed by atoms with Crippen LogP contribution in [-0.4, -0.2) is 17.8 Å². The summed E-state index contributed by atoms with van der Waals surface area (Å²) in [6.45, 7) is 3.37. The third kappa shape index (κ3) is 2.42. The minimum absolute atomic E-state index is 0.0571. The molecule has 0 aliphatic heterocycles. The van der Waals surface area contributed by atoms with E-state index in [0.717, 1.165) is 12.1 Å². The molecule has 2 N–H and O–H groups in total. The van der Waals surface area contributed by atoms with Gasteiger partial charge in [0.25, 0.3) is 0 Å². The van der Waals surface area contributed by atoms with Crippen LogP contribution < -0.4 is 5.32 Å². The van der Waals surface area contributed by atoms with Gasteiger partial charge in [-0.1, -0.05) is 0 Å². The summed E-state index contributed by atoms with van der Waals surface area (Å²) in [7, 11) is 0. The first-order valence-electron chi connectivity index (χ1n) is 4.37. The summed E-state index contributed by atoms with van der Waals surface area (Å²) in [5, 5.41) is 11.7. The number of halogens is 2. The maximum Gasteiger partial charge on any atom is 0.160 e. The van der Waals surface area contributed by atoms with Crippen LogP contribution in [0.2, 0.25) is 0 Å². The lowest BCUT2D eigenvalue weighted by atomic mass is 10.1. The van der Waals surface area contributed by atoms with Gasteiger partial charge in [0.05, 0.1) is 6.61 Å². The Morgan fingerprint density at radius 1 is 1.36 bits per heavy atom. The predicted octanol–water partition coefficient (Wildman–Crippen LogP) is 2.07. The van der Waals surface area contributed by atoms with Gasteiger partial charge in [-0.05, 0) is 25.5 Å². The van der Waals surface area contributed by atoms with Crippen LogP contribution in [0.3, 0.4) is 0 Å². The fourth-order valence-corrected chi connectivity index (χ4v) is 1.11. The Hall–Kier alpha value is -1.16. The Bertz CT molecular complexity index is 328. The Morgan fingerprint density at radius 3 is 2.50 bits per heavy atom. The molecule has 1 aromatic carbocycles. The van der Waals surface area contributed by atoms with Crippen molar-refractivity contribution < 1.29 is 13.9 Å². The van der Waals surface area contributed by atoms with Crippen molar-refractivity contribution in [2.24, 2.45) is 0 Å². The molecular weight excluding hydrogens is 188 g/mol. The molecule has 0 aliphatic rings. The van der Waals surface area contributed by atoms with Crippen molar-refractivity contribution in [2.75, 3.05) is 11.9 Å². The third-order valence-electron chi connectivity index (χ3n) is 1.94. The molecule has 0 bridgehead atoms. The number of nitrogens with one attached hydrogen (secondary N) is 1. The van der Waals surface area contributed by atoms with Gasteiger partial charge in [0.15, 0.2) is 11.6 Å². The molecule has 0 saturated heterocycles. The smallest absolute Gasteiger partial charge is 0.160 e. The van der Waals surface area contributed by atoms with Crippen molar-refractivity contribution in [3.05, 3.63) is 29.3 Å². The second-order valence-corrected chi connectivity index (χ2v) is 3.31. The highest BCUT2D eigenvalue weighted by Gasteiger charge is 2.08. The van der Waals surface area contributed by atoms with E-state index in [1.54, 1.807) is 13.8 Å². The number of aliphatic hydroxyl groups is 1. The molecule has 1 aromatic rings. The molecule has 0 amide bonds. The fourth-order valence-electron chi connectivity index (χ4n) is 1.11. The van der Waals surface area contributed by atoms with E-state index in [4.69, 9.17) is 5.11 Å². The summed E-state index contributed by atoms with van der Waals surface area (Å²) in [6.07, 6.45) is 0. The quantitative estimate of drug-likeness (QED) is 0.784. The van der Waals surface area contributed by atoms with Crippen LogP contribution in [0.4, 0.5) is 14.5 Å². The number of hydrogen-bond acceptors (Lipinski definition) is 2. The lowest BCUT2D eigenvalue weighted by Crippen LogP contribution is -2.20. The molecule has 0 heterocycles. The Morgan fingerprint density at radius 2 is 1.93 bits per heavy atom. The van der Waals surface area contributed by atoms with Gasteiger partial charge >= 0.3 is 0 Å². The second kappa shape index (κ2) is 4.37. The number of aryl methyl sites for hydroxylation is 1. The van der Waals surface area contributed by atoms with E-state index in [-0.39, 0.29) is 12.6 Å². The van der Waals surface area contributed by atoms with Crippen molar-refractivity contribution in [1.82, 2.24) is 0 Å². The highest BCUT2D eigenvalue weighted by molar-refractivity contribution is 5.51. The van der Waals surface area contributed by atoms with Gasteiger partial charge in [-0.15, -0.1) is 0 Å². The Kier molecular flexibility index (Phi) is 3.41.